The summed E-state index contributed by atoms with van der Waals surface area (Å²) in [6, 6.07) is 5.60. The maximum Gasteiger partial charge on any atom is 0.221 e. The molecule has 0 bridgehead atoms. The summed E-state index contributed by atoms with van der Waals surface area (Å²) in [6.45, 7) is 3.59. The zero-order valence-corrected chi connectivity index (χ0v) is 10.0. The van der Waals surface area contributed by atoms with Crippen molar-refractivity contribution < 1.29 is 4.79 Å². The molecule has 0 unspecified atom stereocenters. The van der Waals surface area contributed by atoms with Crippen LogP contribution in [0.2, 0.25) is 5.02 Å². The average molecular weight is 239 g/mol. The first-order valence-electron chi connectivity index (χ1n) is 5.49. The molecule has 4 heteroatoms. The number of carbonyl (C=O) groups excluding carboxylic acids is 1. The van der Waals surface area contributed by atoms with Crippen LogP contribution in [-0.4, -0.2) is 19.0 Å². The summed E-state index contributed by atoms with van der Waals surface area (Å²) in [5, 5.41) is 3.52. The summed E-state index contributed by atoms with van der Waals surface area (Å²) in [4.78, 5) is 13.2. The van der Waals surface area contributed by atoms with Gasteiger partial charge in [-0.25, -0.2) is 0 Å². The molecule has 1 aromatic rings. The Bertz CT molecular complexity index is 400. The lowest BCUT2D eigenvalue weighted by atomic mass is 10.2. The summed E-state index contributed by atoms with van der Waals surface area (Å²) in [5.41, 5.74) is 1.82. The van der Waals surface area contributed by atoms with Crippen molar-refractivity contribution in [2.24, 2.45) is 0 Å². The predicted octanol–water partition coefficient (Wildman–Crippen LogP) is 2.90. The van der Waals surface area contributed by atoms with Gasteiger partial charge in [-0.3, -0.25) is 4.79 Å². The molecule has 16 heavy (non-hydrogen) atoms. The minimum absolute atomic E-state index is 0.0605. The molecule has 1 fully saturated rings. The van der Waals surface area contributed by atoms with E-state index in [2.05, 4.69) is 10.2 Å². The molecule has 2 rings (SSSR count). The number of halogens is 1. The van der Waals surface area contributed by atoms with Crippen LogP contribution in [0.4, 0.5) is 11.4 Å². The molecule has 0 spiro atoms. The third kappa shape index (κ3) is 2.47. The van der Waals surface area contributed by atoms with E-state index in [9.17, 15) is 4.79 Å². The Kier molecular flexibility index (Phi) is 3.34. The maximum atomic E-state index is 11.0. The highest BCUT2D eigenvalue weighted by molar-refractivity contribution is 6.33. The van der Waals surface area contributed by atoms with Crippen LogP contribution < -0.4 is 10.2 Å². The summed E-state index contributed by atoms with van der Waals surface area (Å²) < 4.78 is 0. The molecular weight excluding hydrogens is 224 g/mol. The number of amides is 1. The Balaban J connectivity index is 2.24. The number of rotatable bonds is 2. The molecule has 0 radical (unpaired) electrons. The molecule has 1 aliphatic heterocycles. The van der Waals surface area contributed by atoms with Gasteiger partial charge >= 0.3 is 0 Å². The fourth-order valence-corrected chi connectivity index (χ4v) is 2.23. The predicted molar refractivity (Wildman–Crippen MR) is 67.2 cm³/mol. The van der Waals surface area contributed by atoms with Crippen molar-refractivity contribution >= 4 is 28.9 Å². The lowest BCUT2D eigenvalue weighted by Crippen LogP contribution is -2.18. The van der Waals surface area contributed by atoms with Crippen LogP contribution in [0.15, 0.2) is 18.2 Å². The Morgan fingerprint density at radius 1 is 1.38 bits per heavy atom. The van der Waals surface area contributed by atoms with Gasteiger partial charge in [-0.05, 0) is 31.0 Å². The monoisotopic (exact) mass is 238 g/mol. The fourth-order valence-electron chi connectivity index (χ4n) is 1.99. The quantitative estimate of drug-likeness (QED) is 0.859. The summed E-state index contributed by atoms with van der Waals surface area (Å²) >= 11 is 6.16. The average Bonchev–Trinajstić information content (AvgIpc) is 2.73. The van der Waals surface area contributed by atoms with E-state index in [0.29, 0.717) is 0 Å². The van der Waals surface area contributed by atoms with Gasteiger partial charge in [-0.15, -0.1) is 0 Å². The van der Waals surface area contributed by atoms with E-state index in [4.69, 9.17) is 11.6 Å². The third-order valence-corrected chi connectivity index (χ3v) is 3.03. The largest absolute Gasteiger partial charge is 0.370 e. The van der Waals surface area contributed by atoms with Crippen LogP contribution in [0.5, 0.6) is 0 Å². The molecule has 0 aliphatic carbocycles. The smallest absolute Gasteiger partial charge is 0.221 e. The molecule has 86 valence electrons. The van der Waals surface area contributed by atoms with Crippen LogP contribution in [0, 0.1) is 0 Å². The molecule has 1 aliphatic rings. The number of hydrogen-bond acceptors (Lipinski definition) is 2. The van der Waals surface area contributed by atoms with Crippen molar-refractivity contribution in [3.63, 3.8) is 0 Å². The topological polar surface area (TPSA) is 32.3 Å². The normalized spacial score (nSPS) is 15.2. The molecule has 1 aromatic carbocycles. The van der Waals surface area contributed by atoms with Gasteiger partial charge in [-0.2, -0.15) is 0 Å². The van der Waals surface area contributed by atoms with Crippen LogP contribution in [0.25, 0.3) is 0 Å². The van der Waals surface area contributed by atoms with E-state index in [1.807, 2.05) is 18.2 Å². The van der Waals surface area contributed by atoms with Crippen molar-refractivity contribution in [1.82, 2.24) is 0 Å². The summed E-state index contributed by atoms with van der Waals surface area (Å²) in [6.07, 6.45) is 2.42. The summed E-state index contributed by atoms with van der Waals surface area (Å²) in [7, 11) is 0. The van der Waals surface area contributed by atoms with Crippen molar-refractivity contribution in [3.05, 3.63) is 23.2 Å². The van der Waals surface area contributed by atoms with Gasteiger partial charge in [0.05, 0.1) is 10.7 Å². The second-order valence-electron chi connectivity index (χ2n) is 4.04. The van der Waals surface area contributed by atoms with Crippen LogP contribution in [0.1, 0.15) is 19.8 Å². The number of carbonyl (C=O) groups is 1. The van der Waals surface area contributed by atoms with E-state index in [-0.39, 0.29) is 5.91 Å². The molecular formula is C12H15ClN2O. The number of anilines is 2. The second-order valence-corrected chi connectivity index (χ2v) is 4.45. The first-order chi connectivity index (χ1) is 7.66. The van der Waals surface area contributed by atoms with E-state index in [1.165, 1.54) is 19.8 Å². The molecule has 0 saturated carbocycles. The van der Waals surface area contributed by atoms with Crippen molar-refractivity contribution in [3.8, 4) is 0 Å². The molecule has 1 amide bonds. The Labute approximate surface area is 100 Å². The highest BCUT2D eigenvalue weighted by Gasteiger charge is 2.15. The molecule has 1 N–H and O–H groups in total. The zero-order chi connectivity index (χ0) is 11.5. The second kappa shape index (κ2) is 4.74. The Morgan fingerprint density at radius 2 is 2.06 bits per heavy atom. The standard InChI is InChI=1S/C12H15ClN2O/c1-9(16)14-10-4-5-11(13)12(8-10)15-6-2-3-7-15/h4-5,8H,2-3,6-7H2,1H3,(H,14,16). The highest BCUT2D eigenvalue weighted by Crippen LogP contribution is 2.31. The van der Waals surface area contributed by atoms with Gasteiger partial charge in [-0.1, -0.05) is 11.6 Å². The minimum Gasteiger partial charge on any atom is -0.370 e. The Morgan fingerprint density at radius 3 is 2.69 bits per heavy atom. The molecule has 0 aromatic heterocycles. The van der Waals surface area contributed by atoms with E-state index >= 15 is 0 Å². The number of nitrogens with one attached hydrogen (secondary N) is 1. The fraction of sp³-hybridized carbons (Fsp3) is 0.417. The van der Waals surface area contributed by atoms with Gasteiger partial charge < -0.3 is 10.2 Å². The van der Waals surface area contributed by atoms with Crippen LogP contribution in [0.3, 0.4) is 0 Å². The van der Waals surface area contributed by atoms with Gasteiger partial charge in [0.25, 0.3) is 0 Å². The van der Waals surface area contributed by atoms with E-state index in [0.717, 1.165) is 29.5 Å². The van der Waals surface area contributed by atoms with Gasteiger partial charge in [0, 0.05) is 25.7 Å². The van der Waals surface area contributed by atoms with Crippen molar-refractivity contribution in [1.29, 1.82) is 0 Å². The molecule has 1 heterocycles. The van der Waals surface area contributed by atoms with Gasteiger partial charge in [0.15, 0.2) is 0 Å². The lowest BCUT2D eigenvalue weighted by Gasteiger charge is -2.20. The van der Waals surface area contributed by atoms with Gasteiger partial charge in [0.1, 0.15) is 0 Å². The van der Waals surface area contributed by atoms with Crippen LogP contribution >= 0.6 is 11.6 Å². The van der Waals surface area contributed by atoms with Gasteiger partial charge in [0.2, 0.25) is 5.91 Å². The SMILES string of the molecule is CC(=O)Nc1ccc(Cl)c(N2CCCC2)c1. The number of hydrogen-bond donors (Lipinski definition) is 1. The van der Waals surface area contributed by atoms with Crippen LogP contribution in [-0.2, 0) is 4.79 Å². The first-order valence-corrected chi connectivity index (χ1v) is 5.87. The number of nitrogens with zero attached hydrogens (tertiary/aromatic N) is 1. The number of benzene rings is 1. The molecule has 3 nitrogen and oxygen atoms in total. The van der Waals surface area contributed by atoms with Crippen molar-refractivity contribution in [2.45, 2.75) is 19.8 Å². The van der Waals surface area contributed by atoms with E-state index in [1.54, 1.807) is 0 Å². The zero-order valence-electron chi connectivity index (χ0n) is 9.29. The summed E-state index contributed by atoms with van der Waals surface area (Å²) in [5.74, 6) is -0.0605. The maximum absolute atomic E-state index is 11.0. The van der Waals surface area contributed by atoms with Crippen molar-refractivity contribution in [2.75, 3.05) is 23.3 Å². The lowest BCUT2D eigenvalue weighted by molar-refractivity contribution is -0.114. The van der Waals surface area contributed by atoms with E-state index < -0.39 is 0 Å². The molecule has 0 atom stereocenters. The third-order valence-electron chi connectivity index (χ3n) is 2.71. The minimum atomic E-state index is -0.0605. The highest BCUT2D eigenvalue weighted by atomic mass is 35.5. The first kappa shape index (κ1) is 11.3. The molecule has 1 saturated heterocycles. The Hall–Kier alpha value is -1.22.